The third-order valence-electron chi connectivity index (χ3n) is 7.67. The van der Waals surface area contributed by atoms with Crippen LogP contribution in [0.1, 0.15) is 56.9 Å². The van der Waals surface area contributed by atoms with Gasteiger partial charge < -0.3 is 15.7 Å². The molecule has 4 bridgehead atoms. The standard InChI is InChI=1S/C25H34N2O4S/c28-22(15-25-12-17-8-18(13-25)10-19(9-17)14-25)26-20(6-7-32)23(29)27-21(24(30)31)11-16-4-2-1-3-5-16/h1-5,17-21,32H,6-15H2,(H,26,28)(H,27,29)(H,30,31)/t17?,18?,19?,20?,21-,25?/m1/s1. The normalized spacial score (nSPS) is 29.8. The van der Waals surface area contributed by atoms with E-state index >= 15 is 0 Å². The maximum absolute atomic E-state index is 13.0. The summed E-state index contributed by atoms with van der Waals surface area (Å²) in [5.74, 6) is 1.07. The van der Waals surface area contributed by atoms with Gasteiger partial charge in [0.1, 0.15) is 12.1 Å². The number of aliphatic carboxylic acids is 1. The maximum Gasteiger partial charge on any atom is 0.326 e. The summed E-state index contributed by atoms with van der Waals surface area (Å²) >= 11 is 4.24. The van der Waals surface area contributed by atoms with Crippen molar-refractivity contribution < 1.29 is 19.5 Å². The summed E-state index contributed by atoms with van der Waals surface area (Å²) in [6.45, 7) is 0. The van der Waals surface area contributed by atoms with Crippen molar-refractivity contribution in [3.05, 3.63) is 35.9 Å². The Labute approximate surface area is 195 Å². The number of hydrogen-bond acceptors (Lipinski definition) is 4. The Hall–Kier alpha value is -2.02. The van der Waals surface area contributed by atoms with Crippen molar-refractivity contribution >= 4 is 30.4 Å². The number of hydrogen-bond donors (Lipinski definition) is 4. The van der Waals surface area contributed by atoms with Crippen molar-refractivity contribution in [2.75, 3.05) is 5.75 Å². The van der Waals surface area contributed by atoms with E-state index in [-0.39, 0.29) is 17.7 Å². The highest BCUT2D eigenvalue weighted by Gasteiger charge is 2.51. The fraction of sp³-hybridized carbons (Fsp3) is 0.640. The molecule has 0 aliphatic heterocycles. The molecule has 1 aromatic rings. The number of benzene rings is 1. The summed E-state index contributed by atoms with van der Waals surface area (Å²) in [7, 11) is 0. The van der Waals surface area contributed by atoms with Crippen molar-refractivity contribution in [3.8, 4) is 0 Å². The topological polar surface area (TPSA) is 95.5 Å². The number of thiol groups is 1. The molecule has 4 saturated carbocycles. The summed E-state index contributed by atoms with van der Waals surface area (Å²) in [6, 6.07) is 7.38. The Kier molecular flexibility index (Phi) is 7.13. The lowest BCUT2D eigenvalue weighted by molar-refractivity contribution is -0.142. The van der Waals surface area contributed by atoms with Crippen LogP contribution in [0.3, 0.4) is 0 Å². The molecule has 0 saturated heterocycles. The van der Waals surface area contributed by atoms with Gasteiger partial charge in [0.25, 0.3) is 0 Å². The highest BCUT2D eigenvalue weighted by Crippen LogP contribution is 2.61. The molecule has 4 fully saturated rings. The van der Waals surface area contributed by atoms with Crippen LogP contribution in [-0.4, -0.2) is 40.7 Å². The monoisotopic (exact) mass is 458 g/mol. The van der Waals surface area contributed by atoms with Crippen LogP contribution < -0.4 is 10.6 Å². The Morgan fingerprint density at radius 3 is 2.09 bits per heavy atom. The van der Waals surface area contributed by atoms with Crippen LogP contribution >= 0.6 is 12.6 Å². The number of carbonyl (C=O) groups is 3. The average Bonchev–Trinajstić information content (AvgIpc) is 2.72. The first-order valence-electron chi connectivity index (χ1n) is 11.8. The predicted molar refractivity (Wildman–Crippen MR) is 125 cm³/mol. The first kappa shape index (κ1) is 23.1. The highest BCUT2D eigenvalue weighted by atomic mass is 32.1. The van der Waals surface area contributed by atoms with Crippen molar-refractivity contribution in [3.63, 3.8) is 0 Å². The van der Waals surface area contributed by atoms with Crippen LogP contribution in [0.2, 0.25) is 0 Å². The zero-order valence-electron chi connectivity index (χ0n) is 18.5. The number of carboxylic acids is 1. The molecule has 4 aliphatic rings. The van der Waals surface area contributed by atoms with E-state index in [4.69, 9.17) is 0 Å². The smallest absolute Gasteiger partial charge is 0.326 e. The largest absolute Gasteiger partial charge is 0.480 e. The van der Waals surface area contributed by atoms with E-state index in [1.807, 2.05) is 30.3 Å². The van der Waals surface area contributed by atoms with Gasteiger partial charge in [0.05, 0.1) is 0 Å². The summed E-state index contributed by atoms with van der Waals surface area (Å²) in [5, 5.41) is 15.1. The van der Waals surface area contributed by atoms with Crippen molar-refractivity contribution in [1.29, 1.82) is 0 Å². The zero-order chi connectivity index (χ0) is 22.7. The quantitative estimate of drug-likeness (QED) is 0.405. The second kappa shape index (κ2) is 9.86. The van der Waals surface area contributed by atoms with E-state index in [0.29, 0.717) is 18.6 Å². The molecule has 3 N–H and O–H groups in total. The fourth-order valence-electron chi connectivity index (χ4n) is 6.81. The molecular weight excluding hydrogens is 424 g/mol. The van der Waals surface area contributed by atoms with E-state index in [9.17, 15) is 19.5 Å². The van der Waals surface area contributed by atoms with Gasteiger partial charge in [-0.15, -0.1) is 0 Å². The Balaban J connectivity index is 1.36. The minimum atomic E-state index is -1.09. The molecule has 1 unspecified atom stereocenters. The summed E-state index contributed by atoms with van der Waals surface area (Å²) < 4.78 is 0. The number of carbonyl (C=O) groups excluding carboxylic acids is 2. The second-order valence-electron chi connectivity index (χ2n) is 10.3. The third kappa shape index (κ3) is 5.48. The minimum Gasteiger partial charge on any atom is -0.480 e. The van der Waals surface area contributed by atoms with E-state index in [0.717, 1.165) is 42.6 Å². The van der Waals surface area contributed by atoms with E-state index in [1.165, 1.54) is 19.3 Å². The molecule has 0 aromatic heterocycles. The van der Waals surface area contributed by atoms with Crippen LogP contribution in [0, 0.1) is 23.2 Å². The van der Waals surface area contributed by atoms with Crippen molar-refractivity contribution in [2.24, 2.45) is 23.2 Å². The zero-order valence-corrected chi connectivity index (χ0v) is 19.4. The first-order valence-corrected chi connectivity index (χ1v) is 12.5. The molecule has 6 nitrogen and oxygen atoms in total. The lowest BCUT2D eigenvalue weighted by atomic mass is 9.49. The van der Waals surface area contributed by atoms with Crippen LogP contribution in [0.25, 0.3) is 0 Å². The van der Waals surface area contributed by atoms with E-state index < -0.39 is 24.0 Å². The van der Waals surface area contributed by atoms with Crippen molar-refractivity contribution in [1.82, 2.24) is 10.6 Å². The van der Waals surface area contributed by atoms with Crippen LogP contribution in [0.15, 0.2) is 30.3 Å². The van der Waals surface area contributed by atoms with Crippen LogP contribution in [0.5, 0.6) is 0 Å². The number of amides is 2. The molecule has 0 spiro atoms. The molecule has 7 heteroatoms. The summed E-state index contributed by atoms with van der Waals surface area (Å²) in [4.78, 5) is 37.7. The van der Waals surface area contributed by atoms with Gasteiger partial charge in [-0.1, -0.05) is 30.3 Å². The molecule has 4 aliphatic carbocycles. The Bertz CT molecular complexity index is 808. The molecule has 2 atom stereocenters. The molecule has 2 amide bonds. The van der Waals surface area contributed by atoms with Crippen LogP contribution in [0.4, 0.5) is 0 Å². The first-order chi connectivity index (χ1) is 15.4. The summed E-state index contributed by atoms with van der Waals surface area (Å²) in [6.07, 6.45) is 8.39. The van der Waals surface area contributed by atoms with Gasteiger partial charge in [-0.2, -0.15) is 12.6 Å². The van der Waals surface area contributed by atoms with Gasteiger partial charge in [0.15, 0.2) is 0 Å². The number of nitrogens with one attached hydrogen (secondary N) is 2. The van der Waals surface area contributed by atoms with Gasteiger partial charge in [-0.3, -0.25) is 9.59 Å². The fourth-order valence-corrected chi connectivity index (χ4v) is 7.07. The molecule has 5 rings (SSSR count). The lowest BCUT2D eigenvalue weighted by Crippen LogP contribution is -2.54. The minimum absolute atomic E-state index is 0.0937. The van der Waals surface area contributed by atoms with Crippen molar-refractivity contribution in [2.45, 2.75) is 69.9 Å². The second-order valence-corrected chi connectivity index (χ2v) is 10.8. The predicted octanol–water partition coefficient (Wildman–Crippen LogP) is 3.21. The van der Waals surface area contributed by atoms with Crippen LogP contribution in [-0.2, 0) is 20.8 Å². The van der Waals surface area contributed by atoms with Gasteiger partial charge in [0.2, 0.25) is 11.8 Å². The number of carboxylic acid groups (broad SMARTS) is 1. The average molecular weight is 459 g/mol. The van der Waals surface area contributed by atoms with Gasteiger partial charge in [-0.05, 0) is 79.4 Å². The van der Waals surface area contributed by atoms with Gasteiger partial charge in [0, 0.05) is 12.8 Å². The molecule has 32 heavy (non-hydrogen) atoms. The van der Waals surface area contributed by atoms with E-state index in [1.54, 1.807) is 0 Å². The molecule has 174 valence electrons. The molecule has 0 heterocycles. The van der Waals surface area contributed by atoms with E-state index in [2.05, 4.69) is 23.3 Å². The molecule has 0 radical (unpaired) electrons. The third-order valence-corrected chi connectivity index (χ3v) is 7.93. The Morgan fingerprint density at radius 1 is 0.969 bits per heavy atom. The SMILES string of the molecule is O=C(CC12CC3CC(CC(C3)C1)C2)NC(CCS)C(=O)N[C@H](Cc1ccccc1)C(=O)O. The summed E-state index contributed by atoms with van der Waals surface area (Å²) in [5.41, 5.74) is 0.925. The van der Waals surface area contributed by atoms with Gasteiger partial charge >= 0.3 is 5.97 Å². The Morgan fingerprint density at radius 2 is 1.56 bits per heavy atom. The molecule has 1 aromatic carbocycles. The van der Waals surface area contributed by atoms with Gasteiger partial charge in [-0.25, -0.2) is 4.79 Å². The molecular formula is C25H34N2O4S. The lowest BCUT2D eigenvalue weighted by Gasteiger charge is -2.56. The maximum atomic E-state index is 13.0. The highest BCUT2D eigenvalue weighted by molar-refractivity contribution is 7.80. The number of rotatable bonds is 10.